The molecule has 0 aliphatic rings. The van der Waals surface area contributed by atoms with Gasteiger partial charge in [-0.15, -0.1) is 0 Å². The molecular weight excluding hydrogens is 376 g/mol. The first-order chi connectivity index (χ1) is 13.3. The van der Waals surface area contributed by atoms with E-state index in [0.717, 1.165) is 58.6 Å². The van der Waals surface area contributed by atoms with Crippen LogP contribution in [-0.2, 0) is 19.4 Å². The molecule has 6 nitrogen and oxygen atoms in total. The number of hydrogen-bond acceptors (Lipinski definition) is 6. The van der Waals surface area contributed by atoms with Gasteiger partial charge in [-0.2, -0.15) is 0 Å². The van der Waals surface area contributed by atoms with Crippen LogP contribution >= 0.6 is 11.3 Å². The molecule has 0 aliphatic heterocycles. The molecule has 1 aromatic carbocycles. The second kappa shape index (κ2) is 8.39. The average Bonchev–Trinajstić information content (AvgIpc) is 3.16. The fourth-order valence-corrected chi connectivity index (χ4v) is 3.92. The van der Waals surface area contributed by atoms with Gasteiger partial charge in [-0.25, -0.2) is 0 Å². The van der Waals surface area contributed by atoms with E-state index in [0.29, 0.717) is 19.6 Å². The van der Waals surface area contributed by atoms with Gasteiger partial charge >= 0.3 is 4.87 Å². The van der Waals surface area contributed by atoms with E-state index in [1.165, 1.54) is 9.95 Å². The van der Waals surface area contributed by atoms with Gasteiger partial charge in [-0.1, -0.05) is 50.6 Å². The summed E-state index contributed by atoms with van der Waals surface area (Å²) in [5.41, 5.74) is 2.97. The predicted octanol–water partition coefficient (Wildman–Crippen LogP) is 4.77. The van der Waals surface area contributed by atoms with Crippen molar-refractivity contribution in [3.05, 3.63) is 38.4 Å². The number of benzene rings is 1. The summed E-state index contributed by atoms with van der Waals surface area (Å²) in [4.78, 5) is 11.5. The number of nitrogens with zero attached hydrogens (tertiary/aromatic N) is 2. The highest BCUT2D eigenvalue weighted by Crippen LogP contribution is 2.33. The highest BCUT2D eigenvalue weighted by Gasteiger charge is 2.20. The monoisotopic (exact) mass is 404 g/mol. The Bertz CT molecular complexity index is 994. The molecule has 3 aromatic rings. The molecular formula is C21H28N2O4S. The quantitative estimate of drug-likeness (QED) is 0.547. The van der Waals surface area contributed by atoms with Crippen molar-refractivity contribution in [1.29, 1.82) is 0 Å². The molecule has 152 valence electrons. The molecule has 28 heavy (non-hydrogen) atoms. The van der Waals surface area contributed by atoms with E-state index < -0.39 is 0 Å². The Hall–Kier alpha value is -2.28. The third-order valence-electron chi connectivity index (χ3n) is 4.52. The Morgan fingerprint density at radius 2 is 2.11 bits per heavy atom. The van der Waals surface area contributed by atoms with Crippen molar-refractivity contribution in [3.63, 3.8) is 0 Å². The molecule has 2 heterocycles. The van der Waals surface area contributed by atoms with Gasteiger partial charge in [0.1, 0.15) is 5.75 Å². The fraction of sp³-hybridized carbons (Fsp3) is 0.524. The number of aromatic hydroxyl groups is 1. The van der Waals surface area contributed by atoms with Gasteiger partial charge < -0.3 is 14.4 Å². The summed E-state index contributed by atoms with van der Waals surface area (Å²) in [6, 6.07) is 4.02. The van der Waals surface area contributed by atoms with E-state index in [-0.39, 0.29) is 16.2 Å². The number of rotatable bonds is 8. The van der Waals surface area contributed by atoms with E-state index in [9.17, 15) is 9.90 Å². The minimum absolute atomic E-state index is 0.0103. The van der Waals surface area contributed by atoms with Crippen molar-refractivity contribution in [2.24, 2.45) is 5.41 Å². The van der Waals surface area contributed by atoms with E-state index in [1.54, 1.807) is 0 Å². The SMILES string of the molecule is CCCc1c(OCCCn2c(O)csc2=O)ccc2c(CC(C)(C)C)noc12. The Kier molecular flexibility index (Phi) is 6.13. The Balaban J connectivity index is 1.75. The third kappa shape index (κ3) is 4.58. The molecule has 0 radical (unpaired) electrons. The zero-order valence-corrected chi connectivity index (χ0v) is 17.8. The molecule has 1 N–H and O–H groups in total. The van der Waals surface area contributed by atoms with Crippen LogP contribution in [0.1, 0.15) is 51.8 Å². The van der Waals surface area contributed by atoms with E-state index >= 15 is 0 Å². The highest BCUT2D eigenvalue weighted by molar-refractivity contribution is 7.07. The lowest BCUT2D eigenvalue weighted by atomic mass is 9.89. The minimum Gasteiger partial charge on any atom is -0.494 e. The van der Waals surface area contributed by atoms with Crippen molar-refractivity contribution in [2.75, 3.05) is 6.61 Å². The largest absolute Gasteiger partial charge is 0.494 e. The van der Waals surface area contributed by atoms with Gasteiger partial charge in [0.15, 0.2) is 5.58 Å². The summed E-state index contributed by atoms with van der Waals surface area (Å²) < 4.78 is 13.1. The van der Waals surface area contributed by atoms with Crippen molar-refractivity contribution >= 4 is 22.3 Å². The first-order valence-corrected chi connectivity index (χ1v) is 10.6. The summed E-state index contributed by atoms with van der Waals surface area (Å²) in [6.45, 7) is 9.57. The lowest BCUT2D eigenvalue weighted by Crippen LogP contribution is -2.14. The molecule has 0 saturated carbocycles. The number of fused-ring (bicyclic) bond motifs is 1. The second-order valence-electron chi connectivity index (χ2n) is 8.25. The Morgan fingerprint density at radius 1 is 1.32 bits per heavy atom. The van der Waals surface area contributed by atoms with Crippen LogP contribution in [0.15, 0.2) is 26.8 Å². The van der Waals surface area contributed by atoms with Gasteiger partial charge in [-0.05, 0) is 36.8 Å². The van der Waals surface area contributed by atoms with Crippen LogP contribution in [0.4, 0.5) is 0 Å². The number of hydrogen-bond donors (Lipinski definition) is 1. The smallest absolute Gasteiger partial charge is 0.309 e. The maximum atomic E-state index is 11.7. The third-order valence-corrected chi connectivity index (χ3v) is 5.27. The zero-order chi connectivity index (χ0) is 20.3. The first-order valence-electron chi connectivity index (χ1n) is 9.70. The van der Waals surface area contributed by atoms with Crippen molar-refractivity contribution in [3.8, 4) is 11.6 Å². The van der Waals surface area contributed by atoms with Crippen LogP contribution in [0.25, 0.3) is 11.0 Å². The molecule has 3 rings (SSSR count). The number of thiazole rings is 1. The maximum Gasteiger partial charge on any atom is 0.309 e. The Morgan fingerprint density at radius 3 is 2.75 bits per heavy atom. The topological polar surface area (TPSA) is 77.5 Å². The molecule has 0 unspecified atom stereocenters. The van der Waals surface area contributed by atoms with Crippen LogP contribution in [0.2, 0.25) is 0 Å². The number of aromatic nitrogens is 2. The molecule has 0 amide bonds. The van der Waals surface area contributed by atoms with Gasteiger partial charge in [0.25, 0.3) is 0 Å². The standard InChI is InChI=1S/C21H28N2O4S/c1-5-7-15-17(26-11-6-10-23-18(24)13-28-20(23)25)9-8-14-16(12-21(2,3)4)22-27-19(14)15/h8-9,13,24H,5-7,10-12H2,1-4H3. The summed E-state index contributed by atoms with van der Waals surface area (Å²) in [7, 11) is 0. The van der Waals surface area contributed by atoms with Gasteiger partial charge in [0.05, 0.1) is 17.7 Å². The molecule has 0 spiro atoms. The fourth-order valence-electron chi connectivity index (χ4n) is 3.28. The van der Waals surface area contributed by atoms with Gasteiger partial charge in [-0.3, -0.25) is 9.36 Å². The maximum absolute atomic E-state index is 11.7. The normalized spacial score (nSPS) is 12.0. The number of ether oxygens (including phenoxy) is 1. The van der Waals surface area contributed by atoms with Crippen LogP contribution in [0.5, 0.6) is 11.6 Å². The molecule has 0 saturated heterocycles. The molecule has 7 heteroatoms. The predicted molar refractivity (Wildman–Crippen MR) is 112 cm³/mol. The zero-order valence-electron chi connectivity index (χ0n) is 16.9. The van der Waals surface area contributed by atoms with E-state index in [1.807, 2.05) is 12.1 Å². The van der Waals surface area contributed by atoms with Crippen molar-refractivity contribution < 1.29 is 14.4 Å². The van der Waals surface area contributed by atoms with Crippen molar-refractivity contribution in [2.45, 2.75) is 59.9 Å². The first kappa shape index (κ1) is 20.5. The van der Waals surface area contributed by atoms with E-state index in [4.69, 9.17) is 9.26 Å². The minimum atomic E-state index is -0.154. The molecule has 0 aliphatic carbocycles. The highest BCUT2D eigenvalue weighted by atomic mass is 32.1. The summed E-state index contributed by atoms with van der Waals surface area (Å²) in [6.07, 6.45) is 3.30. The summed E-state index contributed by atoms with van der Waals surface area (Å²) in [5, 5.41) is 16.5. The van der Waals surface area contributed by atoms with Gasteiger partial charge in [0.2, 0.25) is 5.88 Å². The Labute approximate surface area is 168 Å². The molecule has 0 atom stereocenters. The van der Waals surface area contributed by atoms with Crippen molar-refractivity contribution in [1.82, 2.24) is 9.72 Å². The molecule has 0 bridgehead atoms. The molecule has 0 fully saturated rings. The van der Waals surface area contributed by atoms with Crippen LogP contribution in [0.3, 0.4) is 0 Å². The van der Waals surface area contributed by atoms with Crippen LogP contribution < -0.4 is 9.61 Å². The van der Waals surface area contributed by atoms with E-state index in [2.05, 4.69) is 32.9 Å². The molecule has 2 aromatic heterocycles. The second-order valence-corrected chi connectivity index (χ2v) is 9.07. The van der Waals surface area contributed by atoms with Crippen LogP contribution in [-0.4, -0.2) is 21.4 Å². The average molecular weight is 405 g/mol. The lowest BCUT2D eigenvalue weighted by molar-refractivity contribution is 0.293. The summed E-state index contributed by atoms with van der Waals surface area (Å²) in [5.74, 6) is 0.811. The number of aryl methyl sites for hydroxylation is 1. The van der Waals surface area contributed by atoms with Gasteiger partial charge in [0, 0.05) is 17.5 Å². The lowest BCUT2D eigenvalue weighted by Gasteiger charge is -2.16. The van der Waals surface area contributed by atoms with Crippen LogP contribution in [0, 0.1) is 5.41 Å². The summed E-state index contributed by atoms with van der Waals surface area (Å²) >= 11 is 0.999.